The Bertz CT molecular complexity index is 1080. The molecule has 0 bridgehead atoms. The Hall–Kier alpha value is -3.42. The zero-order valence-corrected chi connectivity index (χ0v) is 22.1. The number of amides is 1. The Morgan fingerprint density at radius 3 is 2.30 bits per heavy atom. The SMILES string of the molecule is CCCc1c(OCCCOc2ccc(C(N)=O)c(OC)c2CCC)ccc2c1OC(CCC(=O)O)CC2. The Morgan fingerprint density at radius 2 is 1.68 bits per heavy atom. The van der Waals surface area contributed by atoms with Gasteiger partial charge in [0.2, 0.25) is 0 Å². The minimum Gasteiger partial charge on any atom is -0.495 e. The number of carbonyl (C=O) groups excluding carboxylic acids is 1. The summed E-state index contributed by atoms with van der Waals surface area (Å²) >= 11 is 0. The highest BCUT2D eigenvalue weighted by Gasteiger charge is 2.25. The average Bonchev–Trinajstić information content (AvgIpc) is 2.88. The molecule has 0 spiro atoms. The lowest BCUT2D eigenvalue weighted by atomic mass is 9.95. The Kier molecular flexibility index (Phi) is 10.5. The maximum atomic E-state index is 11.8. The van der Waals surface area contributed by atoms with Crippen LogP contribution in [0.25, 0.3) is 0 Å². The Balaban J connectivity index is 1.63. The first-order valence-corrected chi connectivity index (χ1v) is 13.2. The van der Waals surface area contributed by atoms with Crippen molar-refractivity contribution >= 4 is 11.9 Å². The van der Waals surface area contributed by atoms with Crippen molar-refractivity contribution in [3.05, 3.63) is 46.5 Å². The van der Waals surface area contributed by atoms with Crippen LogP contribution in [0.15, 0.2) is 24.3 Å². The summed E-state index contributed by atoms with van der Waals surface area (Å²) in [5.74, 6) is 1.50. The molecule has 202 valence electrons. The largest absolute Gasteiger partial charge is 0.495 e. The van der Waals surface area contributed by atoms with Crippen molar-refractivity contribution < 1.29 is 33.6 Å². The van der Waals surface area contributed by atoms with Gasteiger partial charge >= 0.3 is 5.97 Å². The van der Waals surface area contributed by atoms with Gasteiger partial charge < -0.3 is 29.8 Å². The van der Waals surface area contributed by atoms with Gasteiger partial charge in [-0.3, -0.25) is 9.59 Å². The lowest BCUT2D eigenvalue weighted by molar-refractivity contribution is -0.137. The smallest absolute Gasteiger partial charge is 0.303 e. The molecule has 1 aliphatic heterocycles. The summed E-state index contributed by atoms with van der Waals surface area (Å²) in [4.78, 5) is 22.8. The molecule has 0 radical (unpaired) electrons. The van der Waals surface area contributed by atoms with E-state index < -0.39 is 11.9 Å². The van der Waals surface area contributed by atoms with E-state index in [-0.39, 0.29) is 12.5 Å². The van der Waals surface area contributed by atoms with Crippen LogP contribution in [0.3, 0.4) is 0 Å². The topological polar surface area (TPSA) is 117 Å². The van der Waals surface area contributed by atoms with E-state index >= 15 is 0 Å². The molecule has 1 amide bonds. The number of carboxylic acid groups (broad SMARTS) is 1. The van der Waals surface area contributed by atoms with Crippen molar-refractivity contribution in [2.75, 3.05) is 20.3 Å². The number of hydrogen-bond acceptors (Lipinski definition) is 6. The van der Waals surface area contributed by atoms with Crippen molar-refractivity contribution in [1.29, 1.82) is 0 Å². The molecule has 2 aromatic rings. The van der Waals surface area contributed by atoms with Crippen molar-refractivity contribution in [2.45, 2.75) is 77.7 Å². The number of carboxylic acids is 1. The van der Waals surface area contributed by atoms with E-state index in [1.807, 2.05) is 6.07 Å². The molecule has 37 heavy (non-hydrogen) atoms. The summed E-state index contributed by atoms with van der Waals surface area (Å²) < 4.78 is 24.0. The van der Waals surface area contributed by atoms with Crippen molar-refractivity contribution in [2.24, 2.45) is 5.73 Å². The molecule has 1 aliphatic rings. The molecule has 8 heteroatoms. The first-order valence-electron chi connectivity index (χ1n) is 13.2. The summed E-state index contributed by atoms with van der Waals surface area (Å²) in [5.41, 5.74) is 8.91. The standard InChI is InChI=1S/C29H39NO7/c1-4-7-21-24(14-10-19-9-11-20(37-27(19)21)12-16-26(31)32)35-17-6-18-36-25-15-13-23(29(30)33)28(34-3)22(25)8-5-2/h10,13-15,20H,4-9,11-12,16-18H2,1-3H3,(H2,30,33)(H,31,32). The van der Waals surface area contributed by atoms with Crippen LogP contribution in [0.1, 0.15) is 79.4 Å². The summed E-state index contributed by atoms with van der Waals surface area (Å²) in [7, 11) is 1.53. The van der Waals surface area contributed by atoms with E-state index in [9.17, 15) is 9.59 Å². The average molecular weight is 514 g/mol. The Labute approximate surface area is 219 Å². The lowest BCUT2D eigenvalue weighted by Crippen LogP contribution is -2.24. The molecule has 0 saturated carbocycles. The van der Waals surface area contributed by atoms with E-state index in [1.54, 1.807) is 12.1 Å². The third-order valence-corrected chi connectivity index (χ3v) is 6.49. The third-order valence-electron chi connectivity index (χ3n) is 6.49. The first kappa shape index (κ1) is 28.2. The van der Waals surface area contributed by atoms with Gasteiger partial charge in [-0.15, -0.1) is 0 Å². The number of ether oxygens (including phenoxy) is 4. The summed E-state index contributed by atoms with van der Waals surface area (Å²) in [5, 5.41) is 9.03. The molecule has 1 atom stereocenters. The van der Waals surface area contributed by atoms with Crippen molar-refractivity contribution in [1.82, 2.24) is 0 Å². The minimum absolute atomic E-state index is 0.0851. The number of hydrogen-bond donors (Lipinski definition) is 2. The second-order valence-corrected chi connectivity index (χ2v) is 9.28. The number of aliphatic carboxylic acids is 1. The van der Waals surface area contributed by atoms with Crippen molar-refractivity contribution in [3.8, 4) is 23.0 Å². The number of methoxy groups -OCH3 is 1. The molecule has 1 unspecified atom stereocenters. The van der Waals surface area contributed by atoms with Gasteiger partial charge in [0.25, 0.3) is 5.91 Å². The second-order valence-electron chi connectivity index (χ2n) is 9.28. The molecule has 0 aromatic heterocycles. The van der Waals surface area contributed by atoms with Gasteiger partial charge in [0.05, 0.1) is 32.0 Å². The number of fused-ring (bicyclic) bond motifs is 1. The fourth-order valence-corrected chi connectivity index (χ4v) is 4.74. The van der Waals surface area contributed by atoms with Gasteiger partial charge in [-0.1, -0.05) is 32.8 Å². The first-order chi connectivity index (χ1) is 17.9. The second kappa shape index (κ2) is 13.8. The van der Waals surface area contributed by atoms with E-state index in [2.05, 4.69) is 19.9 Å². The molecule has 0 fully saturated rings. The number of aryl methyl sites for hydroxylation is 1. The summed E-state index contributed by atoms with van der Waals surface area (Å²) in [6.07, 6.45) is 6.25. The zero-order valence-electron chi connectivity index (χ0n) is 22.1. The van der Waals surface area contributed by atoms with Crippen LogP contribution in [0.5, 0.6) is 23.0 Å². The number of rotatable bonds is 15. The van der Waals surface area contributed by atoms with Crippen molar-refractivity contribution in [3.63, 3.8) is 0 Å². The van der Waals surface area contributed by atoms with Gasteiger partial charge in [-0.25, -0.2) is 0 Å². The van der Waals surface area contributed by atoms with E-state index in [0.29, 0.717) is 49.5 Å². The summed E-state index contributed by atoms with van der Waals surface area (Å²) in [6, 6.07) is 7.48. The molecule has 0 aliphatic carbocycles. The highest BCUT2D eigenvalue weighted by Crippen LogP contribution is 2.39. The molecule has 1 heterocycles. The lowest BCUT2D eigenvalue weighted by Gasteiger charge is -2.29. The normalized spacial score (nSPS) is 14.4. The molecule has 8 nitrogen and oxygen atoms in total. The predicted molar refractivity (Wildman–Crippen MR) is 141 cm³/mol. The van der Waals surface area contributed by atoms with Gasteiger partial charge in [0.15, 0.2) is 0 Å². The quantitative estimate of drug-likeness (QED) is 0.318. The maximum absolute atomic E-state index is 11.8. The molecule has 3 N–H and O–H groups in total. The van der Waals surface area contributed by atoms with Crippen LogP contribution in [-0.4, -0.2) is 43.4 Å². The van der Waals surface area contributed by atoms with Gasteiger partial charge in [0.1, 0.15) is 23.0 Å². The van der Waals surface area contributed by atoms with Crippen LogP contribution in [0.4, 0.5) is 0 Å². The van der Waals surface area contributed by atoms with Gasteiger partial charge in [0, 0.05) is 24.0 Å². The number of benzene rings is 2. The van der Waals surface area contributed by atoms with E-state index in [4.69, 9.17) is 29.8 Å². The van der Waals surface area contributed by atoms with E-state index in [1.165, 1.54) is 7.11 Å². The van der Waals surface area contributed by atoms with Crippen LogP contribution in [-0.2, 0) is 24.1 Å². The molecular formula is C29H39NO7. The van der Waals surface area contributed by atoms with Gasteiger partial charge in [-0.05, 0) is 55.9 Å². The van der Waals surface area contributed by atoms with Crippen LogP contribution < -0.4 is 24.7 Å². The fourth-order valence-electron chi connectivity index (χ4n) is 4.74. The maximum Gasteiger partial charge on any atom is 0.303 e. The molecule has 2 aromatic carbocycles. The third kappa shape index (κ3) is 7.31. The highest BCUT2D eigenvalue weighted by molar-refractivity contribution is 5.96. The van der Waals surface area contributed by atoms with E-state index in [0.717, 1.165) is 60.3 Å². The number of carbonyl (C=O) groups is 2. The Morgan fingerprint density at radius 1 is 1.03 bits per heavy atom. The van der Waals surface area contributed by atoms with Gasteiger partial charge in [-0.2, -0.15) is 0 Å². The van der Waals surface area contributed by atoms with Crippen LogP contribution in [0.2, 0.25) is 0 Å². The number of nitrogens with two attached hydrogens (primary N) is 1. The highest BCUT2D eigenvalue weighted by atomic mass is 16.5. The molecule has 0 saturated heterocycles. The van der Waals surface area contributed by atoms with Crippen LogP contribution in [0, 0.1) is 0 Å². The predicted octanol–water partition coefficient (Wildman–Crippen LogP) is 5.11. The van der Waals surface area contributed by atoms with Crippen LogP contribution >= 0.6 is 0 Å². The summed E-state index contributed by atoms with van der Waals surface area (Å²) in [6.45, 7) is 5.08. The molecule has 3 rings (SSSR count). The number of primary amides is 1. The molecular weight excluding hydrogens is 474 g/mol. The minimum atomic E-state index is -0.799. The monoisotopic (exact) mass is 513 g/mol. The fraction of sp³-hybridized carbons (Fsp3) is 0.517. The zero-order chi connectivity index (χ0) is 26.8.